The van der Waals surface area contributed by atoms with Crippen LogP contribution < -0.4 is 13.8 Å². The number of para-hydroxylation sites is 1. The number of carbonyl (C=O) groups excluding carboxylic acids is 1. The highest BCUT2D eigenvalue weighted by Gasteiger charge is 2.33. The molecule has 0 saturated carbocycles. The van der Waals surface area contributed by atoms with Gasteiger partial charge in [-0.1, -0.05) is 29.8 Å². The number of anilines is 1. The highest BCUT2D eigenvalue weighted by molar-refractivity contribution is 7.92. The van der Waals surface area contributed by atoms with Gasteiger partial charge in [0.05, 0.1) is 26.2 Å². The zero-order chi connectivity index (χ0) is 21.8. The van der Waals surface area contributed by atoms with Crippen molar-refractivity contribution in [1.29, 1.82) is 0 Å². The third-order valence-electron chi connectivity index (χ3n) is 4.42. The lowest BCUT2D eigenvalue weighted by molar-refractivity contribution is -0.131. The quantitative estimate of drug-likeness (QED) is 0.630. The van der Waals surface area contributed by atoms with Crippen molar-refractivity contribution in [3.8, 4) is 11.5 Å². The van der Waals surface area contributed by atoms with Gasteiger partial charge < -0.3 is 14.4 Å². The van der Waals surface area contributed by atoms with E-state index in [9.17, 15) is 13.2 Å². The summed E-state index contributed by atoms with van der Waals surface area (Å²) < 4.78 is 36.8. The van der Waals surface area contributed by atoms with Crippen LogP contribution in [-0.4, -0.2) is 52.8 Å². The van der Waals surface area contributed by atoms with E-state index in [-0.39, 0.29) is 18.1 Å². The maximum Gasteiger partial charge on any atom is 0.246 e. The molecule has 158 valence electrons. The zero-order valence-electron chi connectivity index (χ0n) is 17.0. The predicted molar refractivity (Wildman–Crippen MR) is 114 cm³/mol. The fraction of sp³-hybridized carbons (Fsp3) is 0.350. The summed E-state index contributed by atoms with van der Waals surface area (Å²) in [5.41, 5.74) is 1.01. The number of likely N-dealkylation sites (N-methyl/N-ethyl adjacent to an activating group) is 1. The number of rotatable bonds is 8. The highest BCUT2D eigenvalue weighted by Crippen LogP contribution is 2.34. The molecule has 0 aliphatic heterocycles. The molecule has 7 nitrogen and oxygen atoms in total. The van der Waals surface area contributed by atoms with Gasteiger partial charge in [-0.3, -0.25) is 9.10 Å². The molecule has 9 heteroatoms. The van der Waals surface area contributed by atoms with Crippen molar-refractivity contribution >= 4 is 33.2 Å². The lowest BCUT2D eigenvalue weighted by Gasteiger charge is -2.32. The smallest absolute Gasteiger partial charge is 0.246 e. The molecule has 1 unspecified atom stereocenters. The minimum absolute atomic E-state index is 0.203. The molecule has 0 aliphatic rings. The van der Waals surface area contributed by atoms with Gasteiger partial charge in [-0.2, -0.15) is 0 Å². The Bertz CT molecular complexity index is 981. The average molecular weight is 441 g/mol. The minimum atomic E-state index is -3.81. The molecule has 0 spiro atoms. The lowest BCUT2D eigenvalue weighted by atomic mass is 10.1. The van der Waals surface area contributed by atoms with Crippen molar-refractivity contribution in [2.75, 3.05) is 31.8 Å². The Morgan fingerprint density at radius 2 is 1.72 bits per heavy atom. The Balaban J connectivity index is 2.38. The molecule has 0 saturated heterocycles. The highest BCUT2D eigenvalue weighted by atomic mass is 35.5. The van der Waals surface area contributed by atoms with Crippen LogP contribution in [-0.2, 0) is 21.4 Å². The molecule has 0 fully saturated rings. The zero-order valence-corrected chi connectivity index (χ0v) is 18.6. The first kappa shape index (κ1) is 22.8. The predicted octanol–water partition coefficient (Wildman–Crippen LogP) is 3.17. The summed E-state index contributed by atoms with van der Waals surface area (Å²) in [6.45, 7) is 1.79. The summed E-state index contributed by atoms with van der Waals surface area (Å²) in [5, 5.41) is 0.330. The van der Waals surface area contributed by atoms with Crippen molar-refractivity contribution in [3.63, 3.8) is 0 Å². The summed E-state index contributed by atoms with van der Waals surface area (Å²) in [5.74, 6) is 0.562. The number of carbonyl (C=O) groups is 1. The van der Waals surface area contributed by atoms with Crippen LogP contribution in [0.25, 0.3) is 0 Å². The van der Waals surface area contributed by atoms with E-state index in [1.807, 2.05) is 18.2 Å². The SMILES string of the molecule is COc1ccccc1CN(C)C(=O)C(C)N(c1cc(Cl)ccc1OC)S(C)(=O)=O. The Morgan fingerprint density at radius 1 is 1.10 bits per heavy atom. The maximum absolute atomic E-state index is 13.1. The maximum atomic E-state index is 13.1. The van der Waals surface area contributed by atoms with Gasteiger partial charge in [-0.05, 0) is 31.2 Å². The number of benzene rings is 2. The first-order chi connectivity index (χ1) is 13.6. The van der Waals surface area contributed by atoms with Crippen LogP contribution in [0.2, 0.25) is 5.02 Å². The van der Waals surface area contributed by atoms with E-state index in [0.29, 0.717) is 16.5 Å². The van der Waals surface area contributed by atoms with E-state index in [1.54, 1.807) is 32.4 Å². The number of halogens is 1. The topological polar surface area (TPSA) is 76.2 Å². The molecule has 0 N–H and O–H groups in total. The first-order valence-corrected chi connectivity index (χ1v) is 11.0. The Kier molecular flexibility index (Phi) is 7.37. The summed E-state index contributed by atoms with van der Waals surface area (Å²) in [6.07, 6.45) is 1.04. The summed E-state index contributed by atoms with van der Waals surface area (Å²) in [6, 6.07) is 10.9. The molecule has 0 heterocycles. The van der Waals surface area contributed by atoms with Gasteiger partial charge in [-0.25, -0.2) is 8.42 Å². The van der Waals surface area contributed by atoms with Gasteiger partial charge in [0, 0.05) is 24.2 Å². The molecule has 1 atom stereocenters. The molecule has 0 aromatic heterocycles. The van der Waals surface area contributed by atoms with Crippen LogP contribution in [0.1, 0.15) is 12.5 Å². The largest absolute Gasteiger partial charge is 0.496 e. The van der Waals surface area contributed by atoms with E-state index in [1.165, 1.54) is 25.0 Å². The molecule has 2 aromatic carbocycles. The second-order valence-electron chi connectivity index (χ2n) is 6.56. The number of sulfonamides is 1. The van der Waals surface area contributed by atoms with Crippen molar-refractivity contribution < 1.29 is 22.7 Å². The van der Waals surface area contributed by atoms with E-state index in [2.05, 4.69) is 0 Å². The first-order valence-electron chi connectivity index (χ1n) is 8.80. The Labute approximate surface area is 176 Å². The van der Waals surface area contributed by atoms with Gasteiger partial charge in [0.25, 0.3) is 0 Å². The van der Waals surface area contributed by atoms with E-state index < -0.39 is 16.1 Å². The third kappa shape index (κ3) is 5.33. The number of nitrogens with zero attached hydrogens (tertiary/aromatic N) is 2. The van der Waals surface area contributed by atoms with Crippen molar-refractivity contribution in [2.45, 2.75) is 19.5 Å². The minimum Gasteiger partial charge on any atom is -0.496 e. The van der Waals surface area contributed by atoms with Crippen molar-refractivity contribution in [2.24, 2.45) is 0 Å². The second kappa shape index (κ2) is 9.37. The molecule has 0 aliphatic carbocycles. The lowest BCUT2D eigenvalue weighted by Crippen LogP contribution is -2.48. The number of hydrogen-bond donors (Lipinski definition) is 0. The molecule has 0 bridgehead atoms. The van der Waals surface area contributed by atoms with Gasteiger partial charge in [-0.15, -0.1) is 0 Å². The standard InChI is InChI=1S/C20H25ClN2O5S/c1-14(20(24)22(2)13-15-8-6-7-9-18(15)27-3)23(29(5,25)26)17-12-16(21)10-11-19(17)28-4/h6-12,14H,13H2,1-5H3. The van der Waals surface area contributed by atoms with Crippen molar-refractivity contribution in [1.82, 2.24) is 4.90 Å². The molecule has 29 heavy (non-hydrogen) atoms. The number of ether oxygens (including phenoxy) is 2. The fourth-order valence-corrected chi connectivity index (χ4v) is 4.43. The Hall–Kier alpha value is -2.45. The summed E-state index contributed by atoms with van der Waals surface area (Å²) in [7, 11) is 0.784. The average Bonchev–Trinajstić information content (AvgIpc) is 2.67. The van der Waals surface area contributed by atoms with Gasteiger partial charge in [0.15, 0.2) is 0 Å². The van der Waals surface area contributed by atoms with Gasteiger partial charge in [0.2, 0.25) is 15.9 Å². The normalized spacial score (nSPS) is 12.2. The number of amides is 1. The van der Waals surface area contributed by atoms with Crippen LogP contribution in [0.5, 0.6) is 11.5 Å². The van der Waals surface area contributed by atoms with Crippen LogP contribution in [0.15, 0.2) is 42.5 Å². The number of methoxy groups -OCH3 is 2. The second-order valence-corrected chi connectivity index (χ2v) is 8.85. The summed E-state index contributed by atoms with van der Waals surface area (Å²) >= 11 is 6.07. The molecular weight excluding hydrogens is 416 g/mol. The van der Waals surface area contributed by atoms with Crippen LogP contribution in [0.4, 0.5) is 5.69 Å². The van der Waals surface area contributed by atoms with Gasteiger partial charge >= 0.3 is 0 Å². The molecule has 0 radical (unpaired) electrons. The van der Waals surface area contributed by atoms with Crippen LogP contribution in [0, 0.1) is 0 Å². The molecule has 2 rings (SSSR count). The molecule has 1 amide bonds. The van der Waals surface area contributed by atoms with E-state index >= 15 is 0 Å². The summed E-state index contributed by atoms with van der Waals surface area (Å²) in [4.78, 5) is 14.6. The van der Waals surface area contributed by atoms with Crippen LogP contribution in [0.3, 0.4) is 0 Å². The third-order valence-corrected chi connectivity index (χ3v) is 5.88. The molecular formula is C20H25ClN2O5S. The Morgan fingerprint density at radius 3 is 2.31 bits per heavy atom. The van der Waals surface area contributed by atoms with Crippen molar-refractivity contribution in [3.05, 3.63) is 53.1 Å². The number of hydrogen-bond acceptors (Lipinski definition) is 5. The van der Waals surface area contributed by atoms with Gasteiger partial charge in [0.1, 0.15) is 17.5 Å². The molecule has 2 aromatic rings. The van der Waals surface area contributed by atoms with Crippen LogP contribution >= 0.6 is 11.6 Å². The monoisotopic (exact) mass is 440 g/mol. The fourth-order valence-electron chi connectivity index (χ4n) is 3.10. The van der Waals surface area contributed by atoms with E-state index in [4.69, 9.17) is 21.1 Å². The van der Waals surface area contributed by atoms with E-state index in [0.717, 1.165) is 16.1 Å².